The van der Waals surface area contributed by atoms with E-state index in [2.05, 4.69) is 30.0 Å². The summed E-state index contributed by atoms with van der Waals surface area (Å²) in [6.45, 7) is 11.5. The number of aliphatic hydroxyl groups excluding tert-OH is 1. The highest BCUT2D eigenvalue weighted by molar-refractivity contribution is 5.60. The number of rotatable bonds is 8. The second-order valence-electron chi connectivity index (χ2n) is 5.64. The van der Waals surface area contributed by atoms with E-state index in [1.807, 2.05) is 30.4 Å². The van der Waals surface area contributed by atoms with Gasteiger partial charge in [-0.2, -0.15) is 0 Å². The van der Waals surface area contributed by atoms with Gasteiger partial charge in [-0.1, -0.05) is 18.2 Å². The topological polar surface area (TPSA) is 35.9 Å². The first kappa shape index (κ1) is 16.6. The molecule has 4 nitrogen and oxygen atoms in total. The molecular weight excluding hydrogens is 276 g/mol. The molecule has 0 aromatic heterocycles. The summed E-state index contributed by atoms with van der Waals surface area (Å²) in [4.78, 5) is 4.37. The van der Waals surface area contributed by atoms with E-state index >= 15 is 0 Å². The largest absolute Gasteiger partial charge is 0.490 e. The number of nitrogens with zero attached hydrogens (tertiary/aromatic N) is 2. The lowest BCUT2D eigenvalue weighted by Gasteiger charge is -2.28. The Labute approximate surface area is 133 Å². The molecule has 1 heterocycles. The second-order valence-corrected chi connectivity index (χ2v) is 5.64. The Morgan fingerprint density at radius 2 is 2.09 bits per heavy atom. The molecule has 4 heteroatoms. The Morgan fingerprint density at radius 3 is 2.77 bits per heavy atom. The van der Waals surface area contributed by atoms with Gasteiger partial charge in [-0.3, -0.25) is 4.90 Å². The van der Waals surface area contributed by atoms with E-state index in [0.29, 0.717) is 13.0 Å². The number of aliphatic hydroxyl groups is 1. The van der Waals surface area contributed by atoms with Crippen molar-refractivity contribution >= 4 is 5.69 Å². The summed E-state index contributed by atoms with van der Waals surface area (Å²) >= 11 is 0. The molecule has 1 N–H and O–H groups in total. The predicted molar refractivity (Wildman–Crippen MR) is 91.6 cm³/mol. The molecule has 1 aliphatic rings. The van der Waals surface area contributed by atoms with E-state index in [1.165, 1.54) is 0 Å². The van der Waals surface area contributed by atoms with Gasteiger partial charge < -0.3 is 14.7 Å². The van der Waals surface area contributed by atoms with Crippen LogP contribution in [0.25, 0.3) is 0 Å². The molecule has 2 rings (SSSR count). The van der Waals surface area contributed by atoms with Crippen LogP contribution in [0.15, 0.2) is 43.5 Å². The van der Waals surface area contributed by atoms with Crippen LogP contribution >= 0.6 is 0 Å². The molecule has 1 aromatic carbocycles. The maximum atomic E-state index is 10.4. The third-order valence-electron chi connectivity index (χ3n) is 3.96. The smallest absolute Gasteiger partial charge is 0.143 e. The lowest BCUT2D eigenvalue weighted by Crippen LogP contribution is -2.29. The Kier molecular flexibility index (Phi) is 6.04. The highest BCUT2D eigenvalue weighted by Gasteiger charge is 2.17. The molecule has 0 spiro atoms. The second kappa shape index (κ2) is 8.01. The fourth-order valence-corrected chi connectivity index (χ4v) is 2.68. The first-order chi connectivity index (χ1) is 10.7. The number of hydrogen-bond donors (Lipinski definition) is 1. The van der Waals surface area contributed by atoms with Crippen molar-refractivity contribution in [2.45, 2.75) is 12.5 Å². The molecule has 0 bridgehead atoms. The molecule has 22 heavy (non-hydrogen) atoms. The number of benzene rings is 1. The summed E-state index contributed by atoms with van der Waals surface area (Å²) in [6, 6.07) is 5.97. The molecule has 1 aliphatic heterocycles. The fraction of sp³-hybridized carbons (Fsp3) is 0.444. The van der Waals surface area contributed by atoms with Crippen LogP contribution in [0.2, 0.25) is 0 Å². The first-order valence-electron chi connectivity index (χ1n) is 7.75. The summed E-state index contributed by atoms with van der Waals surface area (Å²) in [5, 5.41) is 10.4. The van der Waals surface area contributed by atoms with Crippen LogP contribution in [0, 0.1) is 0 Å². The van der Waals surface area contributed by atoms with Gasteiger partial charge in [0.05, 0.1) is 18.3 Å². The predicted octanol–water partition coefficient (Wildman–Crippen LogP) is 2.61. The Hall–Kier alpha value is -1.78. The summed E-state index contributed by atoms with van der Waals surface area (Å²) in [7, 11) is 2.06. The number of ether oxygens (including phenoxy) is 1. The van der Waals surface area contributed by atoms with Crippen molar-refractivity contribution in [1.82, 2.24) is 4.90 Å². The van der Waals surface area contributed by atoms with Gasteiger partial charge in [-0.25, -0.2) is 0 Å². The molecular formula is C18H26N2O2. The third-order valence-corrected chi connectivity index (χ3v) is 3.96. The van der Waals surface area contributed by atoms with Crippen molar-refractivity contribution in [1.29, 1.82) is 0 Å². The number of fused-ring (bicyclic) bond motifs is 1. The number of anilines is 1. The van der Waals surface area contributed by atoms with E-state index in [0.717, 1.165) is 43.2 Å². The number of hydrogen-bond acceptors (Lipinski definition) is 4. The van der Waals surface area contributed by atoms with Gasteiger partial charge in [0.15, 0.2) is 0 Å². The summed E-state index contributed by atoms with van der Waals surface area (Å²) in [6.07, 6.45) is 3.94. The van der Waals surface area contributed by atoms with Gasteiger partial charge in [0, 0.05) is 26.7 Å². The molecule has 0 aliphatic carbocycles. The Bertz CT molecular complexity index is 506. The van der Waals surface area contributed by atoms with Crippen molar-refractivity contribution in [3.63, 3.8) is 0 Å². The minimum absolute atomic E-state index is 0.488. The van der Waals surface area contributed by atoms with E-state index in [4.69, 9.17) is 4.74 Å². The Balaban J connectivity index is 1.98. The lowest BCUT2D eigenvalue weighted by atomic mass is 10.0. The third kappa shape index (κ3) is 4.12. The molecule has 0 saturated heterocycles. The summed E-state index contributed by atoms with van der Waals surface area (Å²) < 4.78 is 5.70. The quantitative estimate of drug-likeness (QED) is 0.749. The van der Waals surface area contributed by atoms with E-state index in [1.54, 1.807) is 0 Å². The van der Waals surface area contributed by atoms with E-state index in [9.17, 15) is 5.11 Å². The van der Waals surface area contributed by atoms with Crippen LogP contribution in [0.3, 0.4) is 0 Å². The zero-order chi connectivity index (χ0) is 15.9. The average Bonchev–Trinajstić information content (AvgIpc) is 2.52. The van der Waals surface area contributed by atoms with Crippen LogP contribution < -0.4 is 9.64 Å². The van der Waals surface area contributed by atoms with Gasteiger partial charge in [0.1, 0.15) is 12.4 Å². The zero-order valence-corrected chi connectivity index (χ0v) is 13.4. The van der Waals surface area contributed by atoms with Crippen molar-refractivity contribution < 1.29 is 9.84 Å². The van der Waals surface area contributed by atoms with Crippen LogP contribution in [0.5, 0.6) is 5.75 Å². The van der Waals surface area contributed by atoms with Gasteiger partial charge in [0.2, 0.25) is 0 Å². The molecule has 0 amide bonds. The molecule has 0 radical (unpaired) electrons. The van der Waals surface area contributed by atoms with Gasteiger partial charge in [0.25, 0.3) is 0 Å². The van der Waals surface area contributed by atoms with Crippen molar-refractivity contribution in [3.8, 4) is 5.75 Å². The fourth-order valence-electron chi connectivity index (χ4n) is 2.68. The maximum absolute atomic E-state index is 10.4. The van der Waals surface area contributed by atoms with Crippen molar-refractivity contribution in [2.24, 2.45) is 0 Å². The van der Waals surface area contributed by atoms with E-state index < -0.39 is 6.10 Å². The molecule has 0 saturated carbocycles. The minimum Gasteiger partial charge on any atom is -0.490 e. The standard InChI is InChI=1S/C18H26N2O2/c1-4-9-20(10-5-2)11-8-17(21)15-6-7-16-18(14-15)22-13-12-19(16)3/h4-7,14,17,21H,1-2,8-13H2,3H3. The van der Waals surface area contributed by atoms with Crippen LogP contribution in [0.1, 0.15) is 18.1 Å². The first-order valence-corrected chi connectivity index (χ1v) is 7.75. The summed E-state index contributed by atoms with van der Waals surface area (Å²) in [5.41, 5.74) is 1.99. The molecule has 1 atom stereocenters. The monoisotopic (exact) mass is 302 g/mol. The van der Waals surface area contributed by atoms with Crippen molar-refractivity contribution in [2.75, 3.05) is 44.7 Å². The zero-order valence-electron chi connectivity index (χ0n) is 13.4. The average molecular weight is 302 g/mol. The normalized spacial score (nSPS) is 15.1. The lowest BCUT2D eigenvalue weighted by molar-refractivity contribution is 0.148. The van der Waals surface area contributed by atoms with Crippen LogP contribution in [-0.4, -0.2) is 49.8 Å². The van der Waals surface area contributed by atoms with Crippen molar-refractivity contribution in [3.05, 3.63) is 49.1 Å². The number of likely N-dealkylation sites (N-methyl/N-ethyl adjacent to an activating group) is 1. The maximum Gasteiger partial charge on any atom is 0.143 e. The molecule has 1 aromatic rings. The minimum atomic E-state index is -0.488. The van der Waals surface area contributed by atoms with E-state index in [-0.39, 0.29) is 0 Å². The SMILES string of the molecule is C=CCN(CC=C)CCC(O)c1ccc2c(c1)OCCN2C. The Morgan fingerprint density at radius 1 is 1.36 bits per heavy atom. The van der Waals surface area contributed by atoms with Crippen LogP contribution in [0.4, 0.5) is 5.69 Å². The molecule has 120 valence electrons. The highest BCUT2D eigenvalue weighted by atomic mass is 16.5. The highest BCUT2D eigenvalue weighted by Crippen LogP contribution is 2.33. The van der Waals surface area contributed by atoms with Gasteiger partial charge in [-0.05, 0) is 24.1 Å². The molecule has 1 unspecified atom stereocenters. The summed E-state index contributed by atoms with van der Waals surface area (Å²) in [5.74, 6) is 0.860. The van der Waals surface area contributed by atoms with Crippen LogP contribution in [-0.2, 0) is 0 Å². The van der Waals surface area contributed by atoms with Gasteiger partial charge >= 0.3 is 0 Å². The van der Waals surface area contributed by atoms with Gasteiger partial charge in [-0.15, -0.1) is 13.2 Å². The molecule has 0 fully saturated rings.